The predicted molar refractivity (Wildman–Crippen MR) is 81.6 cm³/mol. The molecule has 0 bridgehead atoms. The normalized spacial score (nSPS) is 11.3. The van der Waals surface area contributed by atoms with Gasteiger partial charge in [0.1, 0.15) is 11.3 Å². The quantitative estimate of drug-likeness (QED) is 0.654. The topological polar surface area (TPSA) is 61.4 Å². The third kappa shape index (κ3) is 3.16. The smallest absolute Gasteiger partial charge is 0.160 e. The van der Waals surface area contributed by atoms with Crippen LogP contribution >= 0.6 is 23.2 Å². The first-order chi connectivity index (χ1) is 10.3. The first-order valence-electron chi connectivity index (χ1n) is 6.68. The summed E-state index contributed by atoms with van der Waals surface area (Å²) in [6.45, 7) is 1.60. The van der Waals surface area contributed by atoms with Crippen LogP contribution in [0.1, 0.15) is 12.2 Å². The van der Waals surface area contributed by atoms with Gasteiger partial charge in [-0.3, -0.25) is 4.68 Å². The number of rotatable bonds is 6. The number of fused-ring (bicyclic) bond motifs is 1. The van der Waals surface area contributed by atoms with Gasteiger partial charge in [-0.2, -0.15) is 0 Å². The van der Waals surface area contributed by atoms with Gasteiger partial charge in [-0.25, -0.2) is 9.97 Å². The molecule has 0 amide bonds. The van der Waals surface area contributed by atoms with Crippen molar-refractivity contribution in [2.24, 2.45) is 0 Å². The summed E-state index contributed by atoms with van der Waals surface area (Å²) in [5.74, 6) is 1.47. The Morgan fingerprint density at radius 2 is 2.14 bits per heavy atom. The van der Waals surface area contributed by atoms with E-state index in [0.717, 1.165) is 36.5 Å². The summed E-state index contributed by atoms with van der Waals surface area (Å²) in [5, 5.41) is 8.34. The highest BCUT2D eigenvalue weighted by molar-refractivity contribution is 6.31. The molecular formula is C13H14Cl2N6. The summed E-state index contributed by atoms with van der Waals surface area (Å²) in [6.07, 6.45) is 6.79. The summed E-state index contributed by atoms with van der Waals surface area (Å²) in [4.78, 5) is 8.97. The van der Waals surface area contributed by atoms with E-state index in [2.05, 4.69) is 24.8 Å². The van der Waals surface area contributed by atoms with Gasteiger partial charge in [-0.15, -0.1) is 16.7 Å². The third-order valence-electron chi connectivity index (χ3n) is 3.19. The van der Waals surface area contributed by atoms with E-state index < -0.39 is 0 Å². The zero-order chi connectivity index (χ0) is 14.7. The molecule has 0 atom stereocenters. The molecule has 3 rings (SSSR count). The van der Waals surface area contributed by atoms with E-state index in [1.165, 1.54) is 0 Å². The summed E-state index contributed by atoms with van der Waals surface area (Å²) >= 11 is 11.8. The van der Waals surface area contributed by atoms with Crippen molar-refractivity contribution in [1.29, 1.82) is 0 Å². The van der Waals surface area contributed by atoms with E-state index in [9.17, 15) is 0 Å². The molecule has 6 nitrogen and oxygen atoms in total. The molecular weight excluding hydrogens is 311 g/mol. The molecule has 21 heavy (non-hydrogen) atoms. The van der Waals surface area contributed by atoms with Gasteiger partial charge in [-0.1, -0.05) is 16.8 Å². The Bertz CT molecular complexity index is 722. The van der Waals surface area contributed by atoms with Gasteiger partial charge in [0, 0.05) is 37.8 Å². The van der Waals surface area contributed by atoms with Crippen LogP contribution in [-0.2, 0) is 19.5 Å². The van der Waals surface area contributed by atoms with Gasteiger partial charge in [-0.05, 0) is 12.5 Å². The predicted octanol–water partition coefficient (Wildman–Crippen LogP) is 2.55. The van der Waals surface area contributed by atoms with E-state index in [0.29, 0.717) is 17.3 Å². The molecule has 0 aliphatic heterocycles. The SMILES string of the molecule is ClCCc1nc2cc(Cl)cnc2n1CCCn1ccnn1. The maximum absolute atomic E-state index is 5.97. The maximum atomic E-state index is 5.97. The van der Waals surface area contributed by atoms with Crippen LogP contribution in [0.2, 0.25) is 5.02 Å². The Balaban J connectivity index is 1.82. The van der Waals surface area contributed by atoms with Crippen LogP contribution in [0.3, 0.4) is 0 Å². The van der Waals surface area contributed by atoms with E-state index in [1.807, 2.05) is 16.9 Å². The molecule has 3 heterocycles. The third-order valence-corrected chi connectivity index (χ3v) is 3.59. The van der Waals surface area contributed by atoms with Crippen LogP contribution in [0, 0.1) is 0 Å². The molecule has 110 valence electrons. The number of hydrogen-bond donors (Lipinski definition) is 0. The zero-order valence-corrected chi connectivity index (χ0v) is 12.8. The fourth-order valence-corrected chi connectivity index (χ4v) is 2.61. The summed E-state index contributed by atoms with van der Waals surface area (Å²) < 4.78 is 3.91. The van der Waals surface area contributed by atoms with Crippen LogP contribution in [0.25, 0.3) is 11.2 Å². The van der Waals surface area contributed by atoms with Crippen LogP contribution in [-0.4, -0.2) is 35.4 Å². The summed E-state index contributed by atoms with van der Waals surface area (Å²) in [5.41, 5.74) is 1.65. The highest BCUT2D eigenvalue weighted by atomic mass is 35.5. The Morgan fingerprint density at radius 1 is 1.24 bits per heavy atom. The van der Waals surface area contributed by atoms with Gasteiger partial charge in [0.25, 0.3) is 0 Å². The largest absolute Gasteiger partial charge is 0.313 e. The number of nitrogens with zero attached hydrogens (tertiary/aromatic N) is 6. The standard InChI is InChI=1S/C13H14Cl2N6/c14-3-2-12-18-11-8-10(15)9-16-13(11)21(12)6-1-5-20-7-4-17-19-20/h4,7-9H,1-3,5-6H2. The Morgan fingerprint density at radius 3 is 2.90 bits per heavy atom. The minimum absolute atomic E-state index is 0.528. The van der Waals surface area contributed by atoms with Gasteiger partial charge >= 0.3 is 0 Å². The van der Waals surface area contributed by atoms with Crippen molar-refractivity contribution in [1.82, 2.24) is 29.5 Å². The second kappa shape index (κ2) is 6.41. The average Bonchev–Trinajstić information content (AvgIpc) is 3.08. The number of halogens is 2. The molecule has 0 unspecified atom stereocenters. The lowest BCUT2D eigenvalue weighted by atomic mass is 10.3. The molecule has 0 saturated heterocycles. The number of hydrogen-bond acceptors (Lipinski definition) is 4. The van der Waals surface area contributed by atoms with Crippen molar-refractivity contribution >= 4 is 34.4 Å². The van der Waals surface area contributed by atoms with Crippen molar-refractivity contribution in [2.45, 2.75) is 25.9 Å². The van der Waals surface area contributed by atoms with Crippen LogP contribution in [0.15, 0.2) is 24.7 Å². The minimum Gasteiger partial charge on any atom is -0.313 e. The van der Waals surface area contributed by atoms with Gasteiger partial charge in [0.2, 0.25) is 0 Å². The van der Waals surface area contributed by atoms with Crippen molar-refractivity contribution in [3.8, 4) is 0 Å². The number of alkyl halides is 1. The second-order valence-corrected chi connectivity index (χ2v) is 5.45. The summed E-state index contributed by atoms with van der Waals surface area (Å²) in [6, 6.07) is 1.83. The highest BCUT2D eigenvalue weighted by Crippen LogP contribution is 2.19. The van der Waals surface area contributed by atoms with Gasteiger partial charge < -0.3 is 4.57 Å². The van der Waals surface area contributed by atoms with Crippen LogP contribution < -0.4 is 0 Å². The number of aryl methyl sites for hydroxylation is 3. The fraction of sp³-hybridized carbons (Fsp3) is 0.385. The van der Waals surface area contributed by atoms with Crippen LogP contribution in [0.4, 0.5) is 0 Å². The van der Waals surface area contributed by atoms with Gasteiger partial charge in [0.15, 0.2) is 5.65 Å². The minimum atomic E-state index is 0.528. The van der Waals surface area contributed by atoms with Crippen LogP contribution in [0.5, 0.6) is 0 Å². The van der Waals surface area contributed by atoms with E-state index in [4.69, 9.17) is 23.2 Å². The van der Waals surface area contributed by atoms with E-state index in [-0.39, 0.29) is 0 Å². The lowest BCUT2D eigenvalue weighted by Crippen LogP contribution is -2.09. The molecule has 0 spiro atoms. The highest BCUT2D eigenvalue weighted by Gasteiger charge is 2.11. The molecule has 3 aromatic heterocycles. The molecule has 0 fully saturated rings. The monoisotopic (exact) mass is 324 g/mol. The number of aromatic nitrogens is 6. The number of pyridine rings is 1. The van der Waals surface area contributed by atoms with Crippen molar-refractivity contribution in [2.75, 3.05) is 5.88 Å². The average molecular weight is 325 g/mol. The maximum Gasteiger partial charge on any atom is 0.160 e. The van der Waals surface area contributed by atoms with Crippen molar-refractivity contribution < 1.29 is 0 Å². The molecule has 0 aromatic carbocycles. The van der Waals surface area contributed by atoms with E-state index in [1.54, 1.807) is 12.4 Å². The first kappa shape index (κ1) is 14.3. The molecule has 0 N–H and O–H groups in total. The van der Waals surface area contributed by atoms with Gasteiger partial charge in [0.05, 0.1) is 11.2 Å². The lowest BCUT2D eigenvalue weighted by Gasteiger charge is -2.07. The van der Waals surface area contributed by atoms with Crippen molar-refractivity contribution in [3.05, 3.63) is 35.5 Å². The molecule has 0 saturated carbocycles. The first-order valence-corrected chi connectivity index (χ1v) is 7.60. The molecule has 0 aliphatic carbocycles. The number of imidazole rings is 1. The Hall–Kier alpha value is -1.66. The summed E-state index contributed by atoms with van der Waals surface area (Å²) in [7, 11) is 0. The molecule has 0 aliphatic rings. The molecule has 0 radical (unpaired) electrons. The molecule has 3 aromatic rings. The van der Waals surface area contributed by atoms with Crippen molar-refractivity contribution in [3.63, 3.8) is 0 Å². The van der Waals surface area contributed by atoms with E-state index >= 15 is 0 Å². The molecule has 8 heteroatoms. The lowest BCUT2D eigenvalue weighted by molar-refractivity contribution is 0.511. The Labute approximate surface area is 131 Å². The zero-order valence-electron chi connectivity index (χ0n) is 11.3. The second-order valence-electron chi connectivity index (χ2n) is 4.63. The Kier molecular flexibility index (Phi) is 4.36. The fourth-order valence-electron chi connectivity index (χ4n) is 2.29.